The molecule has 1 fully saturated rings. The fourth-order valence-electron chi connectivity index (χ4n) is 2.94. The van der Waals surface area contributed by atoms with Crippen LogP contribution in [-0.2, 0) is 4.74 Å². The Morgan fingerprint density at radius 2 is 2.04 bits per heavy atom. The van der Waals surface area contributed by atoms with Gasteiger partial charge >= 0.3 is 0 Å². The van der Waals surface area contributed by atoms with E-state index in [9.17, 15) is 4.79 Å². The number of rotatable bonds is 5. The van der Waals surface area contributed by atoms with Gasteiger partial charge in [0.05, 0.1) is 18.9 Å². The highest BCUT2D eigenvalue weighted by Gasteiger charge is 2.16. The van der Waals surface area contributed by atoms with Crippen molar-refractivity contribution in [2.24, 2.45) is 0 Å². The molecule has 3 aromatic rings. The van der Waals surface area contributed by atoms with E-state index in [0.717, 1.165) is 49.1 Å². The summed E-state index contributed by atoms with van der Waals surface area (Å²) in [7, 11) is 0. The van der Waals surface area contributed by atoms with Gasteiger partial charge in [0.15, 0.2) is 4.96 Å². The van der Waals surface area contributed by atoms with Gasteiger partial charge in [-0.05, 0) is 0 Å². The molecule has 0 radical (unpaired) electrons. The fraction of sp³-hybridized carbons (Fsp3) is 0.333. The first-order valence-electron chi connectivity index (χ1n) is 8.41. The van der Waals surface area contributed by atoms with Crippen LogP contribution >= 0.6 is 11.3 Å². The molecule has 1 amide bonds. The van der Waals surface area contributed by atoms with E-state index in [1.165, 1.54) is 11.3 Å². The Morgan fingerprint density at radius 1 is 1.24 bits per heavy atom. The molecule has 0 bridgehead atoms. The van der Waals surface area contributed by atoms with Crippen molar-refractivity contribution in [3.63, 3.8) is 0 Å². The number of carbonyl (C=O) groups excluding carboxylic acids is 1. The molecule has 2 aromatic heterocycles. The molecule has 0 spiro atoms. The highest BCUT2D eigenvalue weighted by atomic mass is 32.1. The van der Waals surface area contributed by atoms with Gasteiger partial charge in [-0.15, -0.1) is 11.3 Å². The van der Waals surface area contributed by atoms with Crippen LogP contribution in [0.5, 0.6) is 0 Å². The summed E-state index contributed by atoms with van der Waals surface area (Å²) in [6, 6.07) is 10.0. The van der Waals surface area contributed by atoms with Gasteiger partial charge in [-0.25, -0.2) is 4.98 Å². The molecule has 1 aliphatic heterocycles. The predicted molar refractivity (Wildman–Crippen MR) is 98.1 cm³/mol. The number of aromatic nitrogens is 2. The lowest BCUT2D eigenvalue weighted by Crippen LogP contribution is -2.41. The summed E-state index contributed by atoms with van der Waals surface area (Å²) in [5.41, 5.74) is 2.57. The first-order chi connectivity index (χ1) is 12.3. The smallest absolute Gasteiger partial charge is 0.269 e. The van der Waals surface area contributed by atoms with Crippen LogP contribution in [0.1, 0.15) is 10.5 Å². The Bertz CT molecular complexity index is 852. The SMILES string of the molecule is O=C(NCCN1CCOCC1)c1csc2nc(-c3ccccc3)cn12. The second-order valence-corrected chi connectivity index (χ2v) is 6.81. The number of hydrogen-bond donors (Lipinski definition) is 1. The van der Waals surface area contributed by atoms with E-state index in [1.807, 2.05) is 46.3 Å². The zero-order chi connectivity index (χ0) is 17.1. The molecule has 1 N–H and O–H groups in total. The summed E-state index contributed by atoms with van der Waals surface area (Å²) in [4.78, 5) is 20.3. The molecular weight excluding hydrogens is 336 g/mol. The number of carbonyl (C=O) groups is 1. The normalized spacial score (nSPS) is 15.5. The number of ether oxygens (including phenoxy) is 1. The molecule has 4 rings (SSSR count). The molecule has 0 saturated carbocycles. The van der Waals surface area contributed by atoms with Crippen LogP contribution in [0.2, 0.25) is 0 Å². The number of hydrogen-bond acceptors (Lipinski definition) is 5. The van der Waals surface area contributed by atoms with Crippen molar-refractivity contribution in [3.05, 3.63) is 47.6 Å². The maximum Gasteiger partial charge on any atom is 0.269 e. The minimum absolute atomic E-state index is 0.0588. The van der Waals surface area contributed by atoms with Crippen LogP contribution in [0, 0.1) is 0 Å². The first-order valence-corrected chi connectivity index (χ1v) is 9.29. The zero-order valence-electron chi connectivity index (χ0n) is 13.9. The number of nitrogens with one attached hydrogen (secondary N) is 1. The average Bonchev–Trinajstić information content (AvgIpc) is 3.24. The molecule has 6 nitrogen and oxygen atoms in total. The van der Waals surface area contributed by atoms with Crippen molar-refractivity contribution in [2.45, 2.75) is 0 Å². The minimum Gasteiger partial charge on any atom is -0.379 e. The monoisotopic (exact) mass is 356 g/mol. The lowest BCUT2D eigenvalue weighted by molar-refractivity contribution is 0.0383. The van der Waals surface area contributed by atoms with E-state index in [-0.39, 0.29) is 5.91 Å². The second kappa shape index (κ2) is 7.35. The number of imidazole rings is 1. The summed E-state index contributed by atoms with van der Waals surface area (Å²) in [6.07, 6.45) is 1.93. The van der Waals surface area contributed by atoms with E-state index in [0.29, 0.717) is 12.2 Å². The average molecular weight is 356 g/mol. The van der Waals surface area contributed by atoms with E-state index in [2.05, 4.69) is 15.2 Å². The molecule has 130 valence electrons. The fourth-order valence-corrected chi connectivity index (χ4v) is 3.79. The molecule has 25 heavy (non-hydrogen) atoms. The van der Waals surface area contributed by atoms with Crippen molar-refractivity contribution in [2.75, 3.05) is 39.4 Å². The Hall–Kier alpha value is -2.22. The maximum absolute atomic E-state index is 12.5. The highest BCUT2D eigenvalue weighted by Crippen LogP contribution is 2.23. The summed E-state index contributed by atoms with van der Waals surface area (Å²) >= 11 is 1.48. The molecule has 0 aliphatic carbocycles. The van der Waals surface area contributed by atoms with E-state index in [4.69, 9.17) is 4.74 Å². The van der Waals surface area contributed by atoms with Gasteiger partial charge in [-0.1, -0.05) is 30.3 Å². The molecule has 0 atom stereocenters. The van der Waals surface area contributed by atoms with Crippen LogP contribution in [0.25, 0.3) is 16.2 Å². The van der Waals surface area contributed by atoms with Crippen LogP contribution in [-0.4, -0.2) is 59.6 Å². The van der Waals surface area contributed by atoms with Gasteiger partial charge in [0.25, 0.3) is 5.91 Å². The number of benzene rings is 1. The summed E-state index contributed by atoms with van der Waals surface area (Å²) in [6.45, 7) is 4.89. The Labute approximate surface area is 150 Å². The number of thiazole rings is 1. The van der Waals surface area contributed by atoms with Gasteiger partial charge < -0.3 is 10.1 Å². The molecule has 0 unspecified atom stereocenters. The lowest BCUT2D eigenvalue weighted by Gasteiger charge is -2.26. The molecule has 1 aromatic carbocycles. The number of fused-ring (bicyclic) bond motifs is 1. The summed E-state index contributed by atoms with van der Waals surface area (Å²) < 4.78 is 7.21. The van der Waals surface area contributed by atoms with Gasteiger partial charge in [-0.2, -0.15) is 0 Å². The summed E-state index contributed by atoms with van der Waals surface area (Å²) in [5.74, 6) is -0.0588. The lowest BCUT2D eigenvalue weighted by atomic mass is 10.2. The molecule has 1 saturated heterocycles. The third kappa shape index (κ3) is 3.58. The predicted octanol–water partition coefficient (Wildman–Crippen LogP) is 2.12. The number of morpholine rings is 1. The third-order valence-electron chi connectivity index (χ3n) is 4.33. The van der Waals surface area contributed by atoms with E-state index in [1.54, 1.807) is 0 Å². The van der Waals surface area contributed by atoms with Crippen molar-refractivity contribution >= 4 is 22.2 Å². The van der Waals surface area contributed by atoms with E-state index >= 15 is 0 Å². The van der Waals surface area contributed by atoms with Crippen LogP contribution in [0.4, 0.5) is 0 Å². The quantitative estimate of drug-likeness (QED) is 0.761. The van der Waals surface area contributed by atoms with Crippen molar-refractivity contribution < 1.29 is 9.53 Å². The third-order valence-corrected chi connectivity index (χ3v) is 5.17. The Morgan fingerprint density at radius 3 is 2.84 bits per heavy atom. The van der Waals surface area contributed by atoms with Gasteiger partial charge in [0.2, 0.25) is 0 Å². The largest absolute Gasteiger partial charge is 0.379 e. The van der Waals surface area contributed by atoms with Crippen molar-refractivity contribution in [1.29, 1.82) is 0 Å². The molecular formula is C18H20N4O2S. The standard InChI is InChI=1S/C18H20N4O2S/c23-17(19-6-7-21-8-10-24-11-9-21)16-13-25-18-20-15(12-22(16)18)14-4-2-1-3-5-14/h1-5,12-13H,6-11H2,(H,19,23). The maximum atomic E-state index is 12.5. The Balaban J connectivity index is 1.43. The van der Waals surface area contributed by atoms with Crippen molar-refractivity contribution in [1.82, 2.24) is 19.6 Å². The van der Waals surface area contributed by atoms with Crippen LogP contribution < -0.4 is 5.32 Å². The molecule has 3 heterocycles. The number of amides is 1. The van der Waals surface area contributed by atoms with Crippen LogP contribution in [0.15, 0.2) is 41.9 Å². The van der Waals surface area contributed by atoms with Gasteiger partial charge in [0.1, 0.15) is 5.69 Å². The summed E-state index contributed by atoms with van der Waals surface area (Å²) in [5, 5.41) is 4.87. The molecule has 1 aliphatic rings. The zero-order valence-corrected chi connectivity index (χ0v) is 14.7. The molecule has 7 heteroatoms. The number of nitrogens with zero attached hydrogens (tertiary/aromatic N) is 3. The first kappa shape index (κ1) is 16.3. The second-order valence-electron chi connectivity index (χ2n) is 5.98. The topological polar surface area (TPSA) is 58.9 Å². The van der Waals surface area contributed by atoms with Gasteiger partial charge in [-0.3, -0.25) is 14.1 Å². The van der Waals surface area contributed by atoms with Crippen molar-refractivity contribution in [3.8, 4) is 11.3 Å². The van der Waals surface area contributed by atoms with Gasteiger partial charge in [0, 0.05) is 43.3 Å². The van der Waals surface area contributed by atoms with Crippen LogP contribution in [0.3, 0.4) is 0 Å². The Kier molecular flexibility index (Phi) is 4.78. The highest BCUT2D eigenvalue weighted by molar-refractivity contribution is 7.15. The minimum atomic E-state index is -0.0588. The van der Waals surface area contributed by atoms with E-state index < -0.39 is 0 Å².